The van der Waals surface area contributed by atoms with Crippen LogP contribution in [0.4, 0.5) is 0 Å². The highest BCUT2D eigenvalue weighted by molar-refractivity contribution is 6.31. The van der Waals surface area contributed by atoms with Crippen molar-refractivity contribution < 1.29 is 0 Å². The van der Waals surface area contributed by atoms with Crippen LogP contribution in [0.5, 0.6) is 0 Å². The quantitative estimate of drug-likeness (QED) is 0.858. The van der Waals surface area contributed by atoms with E-state index in [4.69, 9.17) is 22.1 Å². The van der Waals surface area contributed by atoms with Crippen LogP contribution in [-0.4, -0.2) is 42.0 Å². The highest BCUT2D eigenvalue weighted by atomic mass is 35.5. The second kappa shape index (κ2) is 7.43. The van der Waals surface area contributed by atoms with Crippen molar-refractivity contribution in [2.75, 3.05) is 26.2 Å². The Bertz CT molecular complexity index is 565. The summed E-state index contributed by atoms with van der Waals surface area (Å²) in [7, 11) is 0. The summed E-state index contributed by atoms with van der Waals surface area (Å²) in [5.41, 5.74) is 1.64. The Hall–Kier alpha value is -1.59. The summed E-state index contributed by atoms with van der Waals surface area (Å²) in [6.45, 7) is 6.56. The van der Waals surface area contributed by atoms with E-state index in [0.717, 1.165) is 44.7 Å². The van der Waals surface area contributed by atoms with Crippen LogP contribution < -0.4 is 0 Å². The highest BCUT2D eigenvalue weighted by Crippen LogP contribution is 2.20. The molecule has 5 heteroatoms. The van der Waals surface area contributed by atoms with Gasteiger partial charge < -0.3 is 0 Å². The minimum Gasteiger partial charge on any atom is -0.296 e. The molecule has 1 atom stereocenters. The molecule has 1 aromatic carbocycles. The van der Waals surface area contributed by atoms with Gasteiger partial charge in [-0.2, -0.15) is 10.5 Å². The molecular formula is C16H19ClN4. The van der Waals surface area contributed by atoms with Gasteiger partial charge in [0.15, 0.2) is 0 Å². The summed E-state index contributed by atoms with van der Waals surface area (Å²) in [6.07, 6.45) is 0.873. The van der Waals surface area contributed by atoms with Gasteiger partial charge in [-0.25, -0.2) is 0 Å². The van der Waals surface area contributed by atoms with Gasteiger partial charge in [-0.3, -0.25) is 9.80 Å². The fraction of sp³-hybridized carbons (Fsp3) is 0.500. The van der Waals surface area contributed by atoms with Gasteiger partial charge in [0.05, 0.1) is 23.7 Å². The molecular weight excluding hydrogens is 284 g/mol. The van der Waals surface area contributed by atoms with Crippen molar-refractivity contribution in [3.8, 4) is 12.1 Å². The van der Waals surface area contributed by atoms with Gasteiger partial charge in [-0.05, 0) is 24.1 Å². The molecule has 0 spiro atoms. The number of rotatable bonds is 4. The molecule has 0 N–H and O–H groups in total. The van der Waals surface area contributed by atoms with Crippen LogP contribution in [0.15, 0.2) is 18.2 Å². The second-order valence-electron chi connectivity index (χ2n) is 5.28. The van der Waals surface area contributed by atoms with E-state index in [1.165, 1.54) is 0 Å². The minimum atomic E-state index is 0.0330. The Kier molecular flexibility index (Phi) is 5.59. The number of benzene rings is 1. The first-order valence-electron chi connectivity index (χ1n) is 7.22. The van der Waals surface area contributed by atoms with E-state index in [-0.39, 0.29) is 6.04 Å². The van der Waals surface area contributed by atoms with Gasteiger partial charge in [0, 0.05) is 37.7 Å². The third-order valence-electron chi connectivity index (χ3n) is 3.96. The average molecular weight is 303 g/mol. The van der Waals surface area contributed by atoms with E-state index >= 15 is 0 Å². The van der Waals surface area contributed by atoms with Crippen molar-refractivity contribution in [1.82, 2.24) is 9.80 Å². The molecule has 4 nitrogen and oxygen atoms in total. The molecule has 21 heavy (non-hydrogen) atoms. The molecule has 0 bridgehead atoms. The van der Waals surface area contributed by atoms with Gasteiger partial charge in [0.25, 0.3) is 0 Å². The summed E-state index contributed by atoms with van der Waals surface area (Å²) >= 11 is 6.22. The number of hydrogen-bond acceptors (Lipinski definition) is 4. The van der Waals surface area contributed by atoms with Gasteiger partial charge in [-0.15, -0.1) is 0 Å². The molecule has 1 saturated heterocycles. The number of nitrogens with zero attached hydrogens (tertiary/aromatic N) is 4. The van der Waals surface area contributed by atoms with Gasteiger partial charge >= 0.3 is 0 Å². The maximum absolute atomic E-state index is 9.12. The number of piperazine rings is 1. The molecule has 110 valence electrons. The van der Waals surface area contributed by atoms with E-state index in [2.05, 4.69) is 28.9 Å². The molecule has 0 amide bonds. The van der Waals surface area contributed by atoms with E-state index in [1.807, 2.05) is 6.07 Å². The fourth-order valence-corrected chi connectivity index (χ4v) is 2.89. The molecule has 0 aromatic heterocycles. The lowest BCUT2D eigenvalue weighted by atomic mass is 10.1. The normalized spacial score (nSPS) is 17.9. The smallest absolute Gasteiger partial charge is 0.0992 e. The number of halogens is 1. The fourth-order valence-electron chi connectivity index (χ4n) is 2.65. The minimum absolute atomic E-state index is 0.0330. The molecule has 0 saturated carbocycles. The standard InChI is InChI=1S/C16H19ClN4/c1-2-15(11-19)21-7-5-20(6-8-21)12-14-4-3-13(10-18)9-16(14)17/h3-4,9,15H,2,5-8,12H2,1H3. The van der Waals surface area contributed by atoms with Gasteiger partial charge in [0.1, 0.15) is 0 Å². The van der Waals surface area contributed by atoms with E-state index in [0.29, 0.717) is 10.6 Å². The number of hydrogen-bond donors (Lipinski definition) is 0. The first kappa shape index (κ1) is 15.8. The van der Waals surface area contributed by atoms with Crippen LogP contribution in [0.1, 0.15) is 24.5 Å². The predicted octanol–water partition coefficient (Wildman–Crippen LogP) is 2.63. The van der Waals surface area contributed by atoms with E-state index < -0.39 is 0 Å². The van der Waals surface area contributed by atoms with Crippen molar-refractivity contribution in [1.29, 1.82) is 10.5 Å². The van der Waals surface area contributed by atoms with Crippen molar-refractivity contribution in [3.05, 3.63) is 34.3 Å². The highest BCUT2D eigenvalue weighted by Gasteiger charge is 2.22. The molecule has 0 radical (unpaired) electrons. The zero-order valence-electron chi connectivity index (χ0n) is 12.2. The van der Waals surface area contributed by atoms with Crippen LogP contribution in [0, 0.1) is 22.7 Å². The molecule has 1 fully saturated rings. The monoisotopic (exact) mass is 302 g/mol. The van der Waals surface area contributed by atoms with Crippen molar-refractivity contribution in [3.63, 3.8) is 0 Å². The largest absolute Gasteiger partial charge is 0.296 e. The number of nitriles is 2. The van der Waals surface area contributed by atoms with Crippen LogP contribution in [0.25, 0.3) is 0 Å². The van der Waals surface area contributed by atoms with Crippen molar-refractivity contribution >= 4 is 11.6 Å². The third-order valence-corrected chi connectivity index (χ3v) is 4.31. The maximum Gasteiger partial charge on any atom is 0.0992 e. The third kappa shape index (κ3) is 3.95. The molecule has 1 aromatic rings. The molecule has 1 unspecified atom stereocenters. The summed E-state index contributed by atoms with van der Waals surface area (Å²) < 4.78 is 0. The maximum atomic E-state index is 9.12. The Morgan fingerprint density at radius 3 is 2.48 bits per heavy atom. The van der Waals surface area contributed by atoms with Gasteiger partial charge in [0.2, 0.25) is 0 Å². The first-order valence-corrected chi connectivity index (χ1v) is 7.60. The predicted molar refractivity (Wildman–Crippen MR) is 82.7 cm³/mol. The molecule has 0 aliphatic carbocycles. The summed E-state index contributed by atoms with van der Waals surface area (Å²) in [4.78, 5) is 4.59. The Morgan fingerprint density at radius 1 is 1.24 bits per heavy atom. The lowest BCUT2D eigenvalue weighted by Gasteiger charge is -2.36. The summed E-state index contributed by atoms with van der Waals surface area (Å²) in [6, 6.07) is 9.94. The molecule has 1 aliphatic rings. The van der Waals surface area contributed by atoms with Crippen LogP contribution >= 0.6 is 11.6 Å². The average Bonchev–Trinajstić information content (AvgIpc) is 2.52. The zero-order valence-corrected chi connectivity index (χ0v) is 13.0. The topological polar surface area (TPSA) is 54.1 Å². The summed E-state index contributed by atoms with van der Waals surface area (Å²) in [5, 5.41) is 18.6. The lowest BCUT2D eigenvalue weighted by Crippen LogP contribution is -2.49. The lowest BCUT2D eigenvalue weighted by molar-refractivity contribution is 0.108. The van der Waals surface area contributed by atoms with Crippen molar-refractivity contribution in [2.24, 2.45) is 0 Å². The Labute approximate surface area is 131 Å². The first-order chi connectivity index (χ1) is 10.2. The van der Waals surface area contributed by atoms with Crippen LogP contribution in [-0.2, 0) is 6.54 Å². The molecule has 2 rings (SSSR count). The second-order valence-corrected chi connectivity index (χ2v) is 5.69. The SMILES string of the molecule is CCC(C#N)N1CCN(Cc2ccc(C#N)cc2Cl)CC1. The van der Waals surface area contributed by atoms with Crippen LogP contribution in [0.2, 0.25) is 5.02 Å². The van der Waals surface area contributed by atoms with Crippen molar-refractivity contribution in [2.45, 2.75) is 25.9 Å². The summed E-state index contributed by atoms with van der Waals surface area (Å²) in [5.74, 6) is 0. The van der Waals surface area contributed by atoms with E-state index in [9.17, 15) is 0 Å². The molecule has 1 heterocycles. The van der Waals surface area contributed by atoms with Gasteiger partial charge in [-0.1, -0.05) is 24.6 Å². The molecule has 1 aliphatic heterocycles. The zero-order chi connectivity index (χ0) is 15.2. The van der Waals surface area contributed by atoms with Crippen LogP contribution in [0.3, 0.4) is 0 Å². The Morgan fingerprint density at radius 2 is 1.95 bits per heavy atom. The van der Waals surface area contributed by atoms with E-state index in [1.54, 1.807) is 12.1 Å². The Balaban J connectivity index is 1.92.